The number of rotatable bonds is 8. The number of fused-ring (bicyclic) bond motifs is 3. The first kappa shape index (κ1) is 32.2. The molecule has 12 nitrogen and oxygen atoms in total. The molecule has 1 aromatic rings. The molecule has 1 saturated carbocycles. The Balaban J connectivity index is 1.95. The highest BCUT2D eigenvalue weighted by Crippen LogP contribution is 2.53. The number of aliphatic hydroxyl groups is 3. The number of phenols is 1. The van der Waals surface area contributed by atoms with E-state index in [1.807, 2.05) is 0 Å². The number of amides is 1. The largest absolute Gasteiger partial charge is 0.508 e. The summed E-state index contributed by atoms with van der Waals surface area (Å²) >= 11 is 0. The maximum atomic E-state index is 14.1. The van der Waals surface area contributed by atoms with Gasteiger partial charge in [0.05, 0.1) is 17.3 Å². The minimum absolute atomic E-state index is 0.00248. The summed E-state index contributed by atoms with van der Waals surface area (Å²) < 4.78 is 0. The molecule has 0 unspecified atom stereocenters. The van der Waals surface area contributed by atoms with Gasteiger partial charge < -0.3 is 36.3 Å². The molecule has 3 aliphatic carbocycles. The van der Waals surface area contributed by atoms with Crippen LogP contribution in [0.4, 0.5) is 0 Å². The predicted octanol–water partition coefficient (Wildman–Crippen LogP) is 1.86. The zero-order valence-electron chi connectivity index (χ0n) is 25.7. The number of likely N-dealkylation sites (N-methyl/N-ethyl adjacent to an activating group) is 1. The SMILES string of the molecule is CCON=C(C)c1cc(CNCC(C)(C)C)c(O)c2c1C[C@H]1C[C@H]3[C@H](N(C)C)C(=O)C(C(N)=O)=C(O)[C@@]3(O)C(=O)C1=C2O. The van der Waals surface area contributed by atoms with E-state index in [0.717, 1.165) is 0 Å². The lowest BCUT2D eigenvalue weighted by atomic mass is 9.57. The van der Waals surface area contributed by atoms with Crippen LogP contribution >= 0.6 is 0 Å². The zero-order chi connectivity index (χ0) is 32.2. The molecule has 0 aliphatic heterocycles. The second kappa shape index (κ2) is 11.4. The van der Waals surface area contributed by atoms with Crippen molar-refractivity contribution in [2.45, 2.75) is 65.6 Å². The van der Waals surface area contributed by atoms with Crippen LogP contribution in [0.15, 0.2) is 28.1 Å². The number of hydrogen-bond donors (Lipinski definition) is 6. The van der Waals surface area contributed by atoms with Crippen molar-refractivity contribution in [2.24, 2.45) is 28.1 Å². The van der Waals surface area contributed by atoms with Gasteiger partial charge in [-0.05, 0) is 63.7 Å². The number of aromatic hydroxyl groups is 1. The highest BCUT2D eigenvalue weighted by Gasteiger charge is 2.64. The van der Waals surface area contributed by atoms with Gasteiger partial charge in [-0.25, -0.2) is 0 Å². The van der Waals surface area contributed by atoms with Crippen LogP contribution in [0.25, 0.3) is 5.76 Å². The number of phenolic OH excluding ortho intramolecular Hbond substituents is 1. The van der Waals surface area contributed by atoms with Gasteiger partial charge in [-0.3, -0.25) is 19.3 Å². The number of nitrogens with zero attached hydrogens (tertiary/aromatic N) is 2. The molecule has 1 aromatic carbocycles. The molecule has 0 aromatic heterocycles. The smallest absolute Gasteiger partial charge is 0.255 e. The van der Waals surface area contributed by atoms with Crippen LogP contribution in [0.3, 0.4) is 0 Å². The van der Waals surface area contributed by atoms with E-state index in [2.05, 4.69) is 31.2 Å². The average molecular weight is 599 g/mol. The molecule has 0 spiro atoms. The normalized spacial score (nSPS) is 26.0. The first-order valence-corrected chi connectivity index (χ1v) is 14.4. The van der Waals surface area contributed by atoms with Gasteiger partial charge >= 0.3 is 0 Å². The fraction of sp³-hybridized carbons (Fsp3) is 0.548. The number of hydrogen-bond acceptors (Lipinski definition) is 11. The fourth-order valence-corrected chi connectivity index (χ4v) is 6.61. The number of carbonyl (C=O) groups excluding carboxylic acids is 3. The molecular weight excluding hydrogens is 556 g/mol. The summed E-state index contributed by atoms with van der Waals surface area (Å²) in [5.74, 6) is -6.86. The van der Waals surface area contributed by atoms with E-state index in [1.54, 1.807) is 34.0 Å². The van der Waals surface area contributed by atoms with Gasteiger partial charge in [-0.1, -0.05) is 25.9 Å². The molecule has 0 radical (unpaired) electrons. The standard InChI is InChI=1S/C31H42N4O8/c1-8-43-34-14(2)17-10-16(12-33-13-30(3,4)5)24(36)21-18(17)9-15-11-19-23(35(6)7)26(38)22(29(32)41)28(40)31(19,42)27(39)20(15)25(21)37/h10,15,19,23,33,36-37,40,42H,8-9,11-13H2,1-7H3,(H2,32,41)/t15-,19-,23-,31-/m0/s1. The third-order valence-electron chi connectivity index (χ3n) is 8.49. The summed E-state index contributed by atoms with van der Waals surface area (Å²) in [6.45, 7) is 10.9. The number of carbonyl (C=O) groups is 3. The van der Waals surface area contributed by atoms with Crippen LogP contribution < -0.4 is 11.1 Å². The molecule has 0 saturated heterocycles. The maximum Gasteiger partial charge on any atom is 0.255 e. The molecule has 3 aliphatic rings. The molecule has 4 atom stereocenters. The Bertz CT molecular complexity index is 1470. The lowest BCUT2D eigenvalue weighted by Crippen LogP contribution is -2.65. The summed E-state index contributed by atoms with van der Waals surface area (Å²) in [4.78, 5) is 46.4. The molecule has 43 heavy (non-hydrogen) atoms. The van der Waals surface area contributed by atoms with Crippen molar-refractivity contribution in [3.05, 3.63) is 45.2 Å². The number of oxime groups is 1. The van der Waals surface area contributed by atoms with Gasteiger partial charge in [0.2, 0.25) is 5.78 Å². The van der Waals surface area contributed by atoms with Crippen LogP contribution in [0.5, 0.6) is 5.75 Å². The van der Waals surface area contributed by atoms with Crippen molar-refractivity contribution in [3.8, 4) is 5.75 Å². The molecular formula is C31H42N4O8. The first-order chi connectivity index (χ1) is 20.0. The minimum atomic E-state index is -2.69. The van der Waals surface area contributed by atoms with Crippen LogP contribution in [0, 0.1) is 17.3 Å². The monoisotopic (exact) mass is 598 g/mol. The van der Waals surface area contributed by atoms with E-state index in [4.69, 9.17) is 10.6 Å². The Morgan fingerprint density at radius 2 is 1.88 bits per heavy atom. The van der Waals surface area contributed by atoms with Crippen LogP contribution in [0.2, 0.25) is 0 Å². The minimum Gasteiger partial charge on any atom is -0.508 e. The van der Waals surface area contributed by atoms with Crippen molar-refractivity contribution < 1.29 is 39.6 Å². The summed E-state index contributed by atoms with van der Waals surface area (Å²) in [5.41, 5.74) is 3.72. The van der Waals surface area contributed by atoms with Crippen molar-refractivity contribution in [2.75, 3.05) is 27.2 Å². The number of ketones is 2. The Morgan fingerprint density at radius 3 is 2.44 bits per heavy atom. The van der Waals surface area contributed by atoms with Crippen LogP contribution in [-0.4, -0.2) is 87.4 Å². The van der Waals surface area contributed by atoms with Gasteiger partial charge in [0.15, 0.2) is 11.4 Å². The molecule has 234 valence electrons. The molecule has 7 N–H and O–H groups in total. The second-order valence-electron chi connectivity index (χ2n) is 13.0. The van der Waals surface area contributed by atoms with Gasteiger partial charge in [0.25, 0.3) is 5.91 Å². The lowest BCUT2D eigenvalue weighted by Gasteiger charge is -2.50. The van der Waals surface area contributed by atoms with Crippen LogP contribution in [-0.2, 0) is 32.2 Å². The molecule has 4 rings (SSSR count). The van der Waals surface area contributed by atoms with Crippen molar-refractivity contribution in [1.82, 2.24) is 10.2 Å². The summed E-state index contributed by atoms with van der Waals surface area (Å²) in [5, 5.41) is 53.5. The zero-order valence-corrected chi connectivity index (χ0v) is 25.7. The Labute approximate surface area is 250 Å². The molecule has 1 fully saturated rings. The first-order valence-electron chi connectivity index (χ1n) is 14.4. The number of aliphatic hydroxyl groups excluding tert-OH is 2. The topological polar surface area (TPSA) is 195 Å². The summed E-state index contributed by atoms with van der Waals surface area (Å²) in [7, 11) is 3.12. The van der Waals surface area contributed by atoms with E-state index in [-0.39, 0.29) is 41.7 Å². The van der Waals surface area contributed by atoms with E-state index < -0.39 is 58.0 Å². The Hall–Kier alpha value is -3.74. The number of primary amides is 1. The maximum absolute atomic E-state index is 14.1. The fourth-order valence-electron chi connectivity index (χ4n) is 6.61. The number of nitrogens with two attached hydrogens (primary N) is 1. The van der Waals surface area contributed by atoms with E-state index in [1.165, 1.54) is 4.90 Å². The molecule has 0 heterocycles. The van der Waals surface area contributed by atoms with Crippen molar-refractivity contribution in [1.29, 1.82) is 0 Å². The quantitative estimate of drug-likeness (QED) is 0.146. The average Bonchev–Trinajstić information content (AvgIpc) is 2.89. The third-order valence-corrected chi connectivity index (χ3v) is 8.49. The van der Waals surface area contributed by atoms with Gasteiger partial charge in [0, 0.05) is 35.7 Å². The van der Waals surface area contributed by atoms with Gasteiger partial charge in [-0.2, -0.15) is 0 Å². The molecule has 1 amide bonds. The van der Waals surface area contributed by atoms with E-state index in [0.29, 0.717) is 35.6 Å². The lowest BCUT2D eigenvalue weighted by molar-refractivity contribution is -0.153. The molecule has 12 heteroatoms. The van der Waals surface area contributed by atoms with Gasteiger partial charge in [0.1, 0.15) is 29.4 Å². The van der Waals surface area contributed by atoms with Crippen molar-refractivity contribution in [3.63, 3.8) is 0 Å². The van der Waals surface area contributed by atoms with E-state index in [9.17, 15) is 34.8 Å². The number of Topliss-reactive ketones (excluding diaryl/α,β-unsaturated/α-hetero) is 2. The Kier molecular flexibility index (Phi) is 8.53. The third kappa shape index (κ3) is 5.32. The molecule has 0 bridgehead atoms. The highest BCUT2D eigenvalue weighted by atomic mass is 16.6. The Morgan fingerprint density at radius 1 is 1.23 bits per heavy atom. The number of benzene rings is 1. The van der Waals surface area contributed by atoms with Gasteiger partial charge in [-0.15, -0.1) is 0 Å². The van der Waals surface area contributed by atoms with E-state index >= 15 is 0 Å². The predicted molar refractivity (Wildman–Crippen MR) is 159 cm³/mol. The van der Waals surface area contributed by atoms with Crippen molar-refractivity contribution >= 4 is 28.9 Å². The number of nitrogens with one attached hydrogen (secondary N) is 1. The summed E-state index contributed by atoms with van der Waals surface area (Å²) in [6.07, 6.45) is 0.161. The highest BCUT2D eigenvalue weighted by molar-refractivity contribution is 6.24. The summed E-state index contributed by atoms with van der Waals surface area (Å²) in [6, 6.07) is 0.629. The second-order valence-corrected chi connectivity index (χ2v) is 13.0. The van der Waals surface area contributed by atoms with Crippen LogP contribution in [0.1, 0.15) is 63.3 Å².